The lowest BCUT2D eigenvalue weighted by molar-refractivity contribution is 0.0701. The molecule has 1 saturated carbocycles. The number of anilines is 1. The molecule has 1 fully saturated rings. The molecule has 1 heterocycles. The Balaban J connectivity index is 2.11. The summed E-state index contributed by atoms with van der Waals surface area (Å²) in [4.78, 5) is 15.3. The molecule has 0 saturated heterocycles. The quantitative estimate of drug-likeness (QED) is 0.830. The molecule has 0 radical (unpaired) electrons. The van der Waals surface area contributed by atoms with Gasteiger partial charge in [0.25, 0.3) is 0 Å². The number of thiazole rings is 1. The summed E-state index contributed by atoms with van der Waals surface area (Å²) in [6.07, 6.45) is 1.12. The van der Waals surface area contributed by atoms with Gasteiger partial charge in [-0.2, -0.15) is 0 Å². The van der Waals surface area contributed by atoms with E-state index in [1.54, 1.807) is 6.92 Å². The van der Waals surface area contributed by atoms with Crippen molar-refractivity contribution in [2.75, 3.05) is 5.32 Å². The van der Waals surface area contributed by atoms with Crippen LogP contribution in [0.2, 0.25) is 0 Å². The molecule has 1 atom stereocenters. The van der Waals surface area contributed by atoms with Gasteiger partial charge < -0.3 is 10.4 Å². The van der Waals surface area contributed by atoms with Crippen LogP contribution in [0.1, 0.15) is 35.6 Å². The molecule has 0 spiro atoms. The van der Waals surface area contributed by atoms with E-state index in [1.807, 2.05) is 0 Å². The Kier molecular flexibility index (Phi) is 2.22. The van der Waals surface area contributed by atoms with E-state index in [0.29, 0.717) is 22.0 Å². The van der Waals surface area contributed by atoms with Crippen molar-refractivity contribution in [3.8, 4) is 0 Å². The number of carbonyl (C=O) groups is 1. The van der Waals surface area contributed by atoms with E-state index in [0.717, 1.165) is 11.6 Å². The molecule has 0 aliphatic heterocycles. The second kappa shape index (κ2) is 3.20. The van der Waals surface area contributed by atoms with Gasteiger partial charge in [0, 0.05) is 6.04 Å². The van der Waals surface area contributed by atoms with Crippen LogP contribution in [0.3, 0.4) is 0 Å². The maximum atomic E-state index is 10.8. The maximum absolute atomic E-state index is 10.8. The van der Waals surface area contributed by atoms with Gasteiger partial charge in [-0.1, -0.05) is 25.2 Å². The molecular formula is C10H14N2O2S. The second-order valence-electron chi connectivity index (χ2n) is 4.63. The lowest BCUT2D eigenvalue weighted by atomic mass is 10.2. The summed E-state index contributed by atoms with van der Waals surface area (Å²) >= 11 is 1.21. The first-order valence-electron chi connectivity index (χ1n) is 4.87. The fraction of sp³-hybridized carbons (Fsp3) is 0.600. The first kappa shape index (κ1) is 10.4. The minimum atomic E-state index is -0.895. The lowest BCUT2D eigenvalue weighted by Crippen LogP contribution is -2.07. The van der Waals surface area contributed by atoms with E-state index in [9.17, 15) is 4.79 Å². The Morgan fingerprint density at radius 3 is 2.67 bits per heavy atom. The Hall–Kier alpha value is -1.10. The van der Waals surface area contributed by atoms with E-state index in [-0.39, 0.29) is 0 Å². The van der Waals surface area contributed by atoms with Gasteiger partial charge in [-0.3, -0.25) is 0 Å². The van der Waals surface area contributed by atoms with Crippen molar-refractivity contribution < 1.29 is 9.90 Å². The number of hydrogen-bond donors (Lipinski definition) is 2. The van der Waals surface area contributed by atoms with E-state index in [2.05, 4.69) is 24.1 Å². The topological polar surface area (TPSA) is 62.2 Å². The number of carboxylic acid groups (broad SMARTS) is 1. The van der Waals surface area contributed by atoms with E-state index in [4.69, 9.17) is 5.11 Å². The van der Waals surface area contributed by atoms with Gasteiger partial charge in [-0.05, 0) is 18.8 Å². The van der Waals surface area contributed by atoms with E-state index in [1.165, 1.54) is 11.3 Å². The van der Waals surface area contributed by atoms with Crippen LogP contribution in [0.15, 0.2) is 0 Å². The molecule has 5 heteroatoms. The highest BCUT2D eigenvalue weighted by Crippen LogP contribution is 2.47. The van der Waals surface area contributed by atoms with Gasteiger partial charge in [0.1, 0.15) is 4.88 Å². The number of aromatic nitrogens is 1. The molecule has 1 unspecified atom stereocenters. The Bertz CT molecular complexity index is 412. The van der Waals surface area contributed by atoms with Crippen molar-refractivity contribution in [3.05, 3.63) is 10.6 Å². The molecule has 15 heavy (non-hydrogen) atoms. The average molecular weight is 226 g/mol. The number of aromatic carboxylic acids is 1. The molecular weight excluding hydrogens is 212 g/mol. The Morgan fingerprint density at radius 2 is 2.27 bits per heavy atom. The summed E-state index contributed by atoms with van der Waals surface area (Å²) in [5.74, 6) is -0.895. The SMILES string of the molecule is Cc1nc(NC2CC2(C)C)sc1C(=O)O. The molecule has 1 aliphatic carbocycles. The number of carboxylic acids is 1. The molecule has 0 bridgehead atoms. The van der Waals surface area contributed by atoms with Gasteiger partial charge in [-0.25, -0.2) is 9.78 Å². The highest BCUT2D eigenvalue weighted by atomic mass is 32.1. The van der Waals surface area contributed by atoms with Gasteiger partial charge in [-0.15, -0.1) is 0 Å². The summed E-state index contributed by atoms with van der Waals surface area (Å²) in [5.41, 5.74) is 0.914. The summed E-state index contributed by atoms with van der Waals surface area (Å²) in [7, 11) is 0. The summed E-state index contributed by atoms with van der Waals surface area (Å²) in [6.45, 7) is 6.09. The number of nitrogens with one attached hydrogen (secondary N) is 1. The van der Waals surface area contributed by atoms with Crippen LogP contribution in [0.4, 0.5) is 5.13 Å². The minimum absolute atomic E-state index is 0.322. The fourth-order valence-electron chi connectivity index (χ4n) is 1.52. The van der Waals surface area contributed by atoms with Crippen LogP contribution in [0.5, 0.6) is 0 Å². The normalized spacial score (nSPS) is 22.5. The van der Waals surface area contributed by atoms with Crippen molar-refractivity contribution in [2.24, 2.45) is 5.41 Å². The highest BCUT2D eigenvalue weighted by Gasteiger charge is 2.46. The first-order valence-corrected chi connectivity index (χ1v) is 5.69. The Morgan fingerprint density at radius 1 is 1.67 bits per heavy atom. The van der Waals surface area contributed by atoms with Crippen LogP contribution >= 0.6 is 11.3 Å². The van der Waals surface area contributed by atoms with Gasteiger partial charge in [0.2, 0.25) is 0 Å². The zero-order valence-electron chi connectivity index (χ0n) is 9.00. The molecule has 0 amide bonds. The third kappa shape index (κ3) is 1.97. The van der Waals surface area contributed by atoms with Crippen molar-refractivity contribution in [1.82, 2.24) is 4.98 Å². The number of hydrogen-bond acceptors (Lipinski definition) is 4. The number of aryl methyl sites for hydroxylation is 1. The minimum Gasteiger partial charge on any atom is -0.477 e. The van der Waals surface area contributed by atoms with Gasteiger partial charge >= 0.3 is 5.97 Å². The Labute approximate surface area is 92.3 Å². The predicted octanol–water partition coefficient (Wildman–Crippen LogP) is 2.36. The predicted molar refractivity (Wildman–Crippen MR) is 59.6 cm³/mol. The third-order valence-corrected chi connectivity index (χ3v) is 3.88. The first-order chi connectivity index (χ1) is 6.90. The van der Waals surface area contributed by atoms with Crippen molar-refractivity contribution in [1.29, 1.82) is 0 Å². The molecule has 1 aliphatic rings. The maximum Gasteiger partial charge on any atom is 0.347 e. The van der Waals surface area contributed by atoms with Gasteiger partial charge in [0.05, 0.1) is 5.69 Å². The lowest BCUT2D eigenvalue weighted by Gasteiger charge is -2.03. The van der Waals surface area contributed by atoms with Crippen molar-refractivity contribution in [3.63, 3.8) is 0 Å². The summed E-state index contributed by atoms with van der Waals surface area (Å²) in [6, 6.07) is 0.435. The molecule has 4 nitrogen and oxygen atoms in total. The monoisotopic (exact) mass is 226 g/mol. The molecule has 2 rings (SSSR count). The highest BCUT2D eigenvalue weighted by molar-refractivity contribution is 7.17. The van der Waals surface area contributed by atoms with E-state index < -0.39 is 5.97 Å². The second-order valence-corrected chi connectivity index (χ2v) is 5.63. The zero-order valence-corrected chi connectivity index (χ0v) is 9.81. The van der Waals surface area contributed by atoms with Crippen molar-refractivity contribution >= 4 is 22.4 Å². The van der Waals surface area contributed by atoms with E-state index >= 15 is 0 Å². The molecule has 1 aromatic rings. The largest absolute Gasteiger partial charge is 0.477 e. The number of nitrogens with zero attached hydrogens (tertiary/aromatic N) is 1. The molecule has 0 aromatic carbocycles. The van der Waals surface area contributed by atoms with Crippen LogP contribution in [-0.4, -0.2) is 22.1 Å². The average Bonchev–Trinajstić information content (AvgIpc) is 2.55. The number of rotatable bonds is 3. The standard InChI is InChI=1S/C10H14N2O2S/c1-5-7(8(13)14)15-9(11-5)12-6-4-10(6,2)3/h6H,4H2,1-3H3,(H,11,12)(H,13,14). The zero-order chi connectivity index (χ0) is 11.2. The molecule has 2 N–H and O–H groups in total. The third-order valence-electron chi connectivity index (χ3n) is 2.80. The van der Waals surface area contributed by atoms with Crippen LogP contribution in [0, 0.1) is 12.3 Å². The smallest absolute Gasteiger partial charge is 0.347 e. The molecule has 1 aromatic heterocycles. The summed E-state index contributed by atoms with van der Waals surface area (Å²) < 4.78 is 0. The van der Waals surface area contributed by atoms with Crippen LogP contribution < -0.4 is 5.32 Å². The fourth-order valence-corrected chi connectivity index (χ4v) is 2.38. The van der Waals surface area contributed by atoms with Crippen LogP contribution in [-0.2, 0) is 0 Å². The van der Waals surface area contributed by atoms with Gasteiger partial charge in [0.15, 0.2) is 5.13 Å². The summed E-state index contributed by atoms with van der Waals surface area (Å²) in [5, 5.41) is 12.9. The van der Waals surface area contributed by atoms with Crippen LogP contribution in [0.25, 0.3) is 0 Å². The van der Waals surface area contributed by atoms with Crippen molar-refractivity contribution in [2.45, 2.75) is 33.2 Å². The molecule has 82 valence electrons.